The van der Waals surface area contributed by atoms with Crippen molar-refractivity contribution in [2.45, 2.75) is 25.6 Å². The zero-order valence-electron chi connectivity index (χ0n) is 15.0. The number of hydrogen-bond donors (Lipinski definition) is 0. The fraction of sp³-hybridized carbons (Fsp3) is 0.350. The van der Waals surface area contributed by atoms with Crippen LogP contribution >= 0.6 is 15.9 Å². The second kappa shape index (κ2) is 7.04. The highest BCUT2D eigenvalue weighted by atomic mass is 79.9. The van der Waals surface area contributed by atoms with Crippen molar-refractivity contribution in [3.63, 3.8) is 0 Å². The van der Waals surface area contributed by atoms with Crippen LogP contribution in [0.25, 0.3) is 0 Å². The number of benzene rings is 2. The van der Waals surface area contributed by atoms with Crippen molar-refractivity contribution in [1.82, 2.24) is 4.90 Å². The Morgan fingerprint density at radius 1 is 1.00 bits per heavy atom. The summed E-state index contributed by atoms with van der Waals surface area (Å²) in [6.07, 6.45) is 0. The van der Waals surface area contributed by atoms with Crippen LogP contribution in [-0.4, -0.2) is 49.4 Å². The van der Waals surface area contributed by atoms with E-state index in [2.05, 4.69) is 15.9 Å². The zero-order valence-corrected chi connectivity index (χ0v) is 17.4. The van der Waals surface area contributed by atoms with Gasteiger partial charge in [0.05, 0.1) is 24.1 Å². The largest absolute Gasteiger partial charge is 0.306 e. The van der Waals surface area contributed by atoms with Crippen LogP contribution < -0.4 is 4.90 Å². The average Bonchev–Trinajstić information content (AvgIpc) is 2.93. The van der Waals surface area contributed by atoms with Gasteiger partial charge in [-0.15, -0.1) is 0 Å². The van der Waals surface area contributed by atoms with Gasteiger partial charge in [0, 0.05) is 22.7 Å². The predicted octanol–water partition coefficient (Wildman–Crippen LogP) is 2.77. The monoisotopic (exact) mass is 448 g/mol. The molecule has 2 atom stereocenters. The second-order valence-electron chi connectivity index (χ2n) is 7.34. The van der Waals surface area contributed by atoms with Gasteiger partial charge >= 0.3 is 0 Å². The van der Waals surface area contributed by atoms with Crippen LogP contribution in [0.1, 0.15) is 11.1 Å². The Hall–Kier alpha value is -1.70. The van der Waals surface area contributed by atoms with Gasteiger partial charge in [0.15, 0.2) is 9.84 Å². The van der Waals surface area contributed by atoms with Crippen LogP contribution in [-0.2, 0) is 21.2 Å². The molecule has 0 N–H and O–H groups in total. The van der Waals surface area contributed by atoms with E-state index in [1.165, 1.54) is 5.56 Å². The molecule has 2 aromatic carbocycles. The zero-order chi connectivity index (χ0) is 19.2. The summed E-state index contributed by atoms with van der Waals surface area (Å²) in [4.78, 5) is 16.7. The number of fused-ring (bicyclic) bond motifs is 1. The van der Waals surface area contributed by atoms with E-state index < -0.39 is 9.84 Å². The lowest BCUT2D eigenvalue weighted by molar-refractivity contribution is -0.123. The van der Waals surface area contributed by atoms with E-state index in [1.807, 2.05) is 60.4 Å². The summed E-state index contributed by atoms with van der Waals surface area (Å²) in [5.41, 5.74) is 3.02. The lowest BCUT2D eigenvalue weighted by atomic mass is 10.0. The minimum Gasteiger partial charge on any atom is -0.306 e. The molecule has 2 fully saturated rings. The van der Waals surface area contributed by atoms with Crippen LogP contribution in [0, 0.1) is 6.92 Å². The fourth-order valence-electron chi connectivity index (χ4n) is 4.00. The highest BCUT2D eigenvalue weighted by Gasteiger charge is 2.49. The van der Waals surface area contributed by atoms with Gasteiger partial charge in [0.2, 0.25) is 5.91 Å². The van der Waals surface area contributed by atoms with Crippen LogP contribution in [0.5, 0.6) is 0 Å². The first-order chi connectivity index (χ1) is 12.8. The van der Waals surface area contributed by atoms with Gasteiger partial charge in [-0.05, 0) is 36.8 Å². The SMILES string of the molecule is Cc1ccc(CN2CC(=O)N(c3ccc(Br)cc3)C3CS(=O)(=O)CC32)cc1. The Kier molecular flexibility index (Phi) is 4.86. The molecule has 142 valence electrons. The summed E-state index contributed by atoms with van der Waals surface area (Å²) < 4.78 is 25.7. The number of amides is 1. The normalized spacial score (nSPS) is 24.8. The summed E-state index contributed by atoms with van der Waals surface area (Å²) in [6.45, 7) is 2.83. The molecule has 0 spiro atoms. The average molecular weight is 449 g/mol. The summed E-state index contributed by atoms with van der Waals surface area (Å²) in [5.74, 6) is 0.0658. The van der Waals surface area contributed by atoms with Crippen molar-refractivity contribution in [3.8, 4) is 0 Å². The van der Waals surface area contributed by atoms with E-state index >= 15 is 0 Å². The van der Waals surface area contributed by atoms with E-state index in [1.54, 1.807) is 4.90 Å². The molecule has 4 rings (SSSR count). The second-order valence-corrected chi connectivity index (χ2v) is 10.4. The number of sulfone groups is 1. The van der Waals surface area contributed by atoms with Gasteiger partial charge < -0.3 is 4.90 Å². The lowest BCUT2D eigenvalue weighted by Gasteiger charge is -2.43. The molecule has 27 heavy (non-hydrogen) atoms. The molecule has 2 unspecified atom stereocenters. The smallest absolute Gasteiger partial charge is 0.241 e. The third-order valence-corrected chi connectivity index (χ3v) is 7.54. The molecule has 0 aliphatic carbocycles. The Morgan fingerprint density at radius 2 is 1.63 bits per heavy atom. The molecule has 7 heteroatoms. The number of carbonyl (C=O) groups excluding carboxylic acids is 1. The van der Waals surface area contributed by atoms with Gasteiger partial charge in [-0.3, -0.25) is 9.69 Å². The summed E-state index contributed by atoms with van der Waals surface area (Å²) in [6, 6.07) is 15.1. The van der Waals surface area contributed by atoms with E-state index in [9.17, 15) is 13.2 Å². The van der Waals surface area contributed by atoms with E-state index in [4.69, 9.17) is 0 Å². The molecule has 0 bridgehead atoms. The quantitative estimate of drug-likeness (QED) is 0.724. The van der Waals surface area contributed by atoms with Crippen molar-refractivity contribution in [1.29, 1.82) is 0 Å². The number of halogens is 1. The predicted molar refractivity (Wildman–Crippen MR) is 109 cm³/mol. The summed E-state index contributed by atoms with van der Waals surface area (Å²) >= 11 is 3.40. The number of nitrogens with zero attached hydrogens (tertiary/aromatic N) is 2. The van der Waals surface area contributed by atoms with Crippen molar-refractivity contribution in [2.75, 3.05) is 23.0 Å². The van der Waals surface area contributed by atoms with Gasteiger partial charge in [-0.2, -0.15) is 0 Å². The molecule has 0 radical (unpaired) electrons. The Balaban J connectivity index is 1.65. The van der Waals surface area contributed by atoms with Gasteiger partial charge in [0.1, 0.15) is 0 Å². The number of carbonyl (C=O) groups is 1. The molecule has 0 aromatic heterocycles. The molecule has 5 nitrogen and oxygen atoms in total. The number of rotatable bonds is 3. The maximum atomic E-state index is 13.0. The summed E-state index contributed by atoms with van der Waals surface area (Å²) in [5, 5.41) is 0. The molecule has 2 aromatic rings. The van der Waals surface area contributed by atoms with E-state index in [-0.39, 0.29) is 36.0 Å². The Morgan fingerprint density at radius 3 is 2.30 bits per heavy atom. The van der Waals surface area contributed by atoms with Gasteiger partial charge in [0.25, 0.3) is 0 Å². The Labute approximate surface area is 168 Å². The van der Waals surface area contributed by atoms with Crippen molar-refractivity contribution in [3.05, 3.63) is 64.1 Å². The molecule has 2 heterocycles. The molecule has 1 amide bonds. The standard InChI is InChI=1S/C20H21BrN2O3S/c1-14-2-4-15(5-3-14)10-22-11-20(24)23(17-8-6-16(21)7-9-17)19-13-27(25,26)12-18(19)22/h2-9,18-19H,10-13H2,1H3. The third-order valence-electron chi connectivity index (χ3n) is 5.31. The van der Waals surface area contributed by atoms with E-state index in [0.29, 0.717) is 6.54 Å². The first-order valence-electron chi connectivity index (χ1n) is 8.90. The fourth-order valence-corrected chi connectivity index (χ4v) is 6.24. The van der Waals surface area contributed by atoms with Crippen LogP contribution in [0.4, 0.5) is 5.69 Å². The third kappa shape index (κ3) is 3.81. The molecular formula is C20H21BrN2O3S. The number of piperazine rings is 1. The maximum Gasteiger partial charge on any atom is 0.241 e. The highest BCUT2D eigenvalue weighted by molar-refractivity contribution is 9.10. The molecule has 2 aliphatic rings. The first-order valence-corrected chi connectivity index (χ1v) is 11.5. The number of hydrogen-bond acceptors (Lipinski definition) is 4. The van der Waals surface area contributed by atoms with Crippen molar-refractivity contribution < 1.29 is 13.2 Å². The maximum absolute atomic E-state index is 13.0. The minimum atomic E-state index is -3.18. The van der Waals surface area contributed by atoms with Crippen LogP contribution in [0.3, 0.4) is 0 Å². The van der Waals surface area contributed by atoms with Crippen LogP contribution in [0.2, 0.25) is 0 Å². The molecule has 0 saturated carbocycles. The number of aryl methyl sites for hydroxylation is 1. The molecular weight excluding hydrogens is 428 g/mol. The van der Waals surface area contributed by atoms with Crippen molar-refractivity contribution in [2.24, 2.45) is 0 Å². The lowest BCUT2D eigenvalue weighted by Crippen LogP contribution is -2.61. The molecule has 2 saturated heterocycles. The van der Waals surface area contributed by atoms with Gasteiger partial charge in [-0.1, -0.05) is 45.8 Å². The highest BCUT2D eigenvalue weighted by Crippen LogP contribution is 2.33. The van der Waals surface area contributed by atoms with Crippen molar-refractivity contribution >= 4 is 37.4 Å². The Bertz CT molecular complexity index is 958. The van der Waals surface area contributed by atoms with Crippen LogP contribution in [0.15, 0.2) is 53.0 Å². The molecule has 2 aliphatic heterocycles. The van der Waals surface area contributed by atoms with E-state index in [0.717, 1.165) is 15.7 Å². The number of anilines is 1. The summed E-state index contributed by atoms with van der Waals surface area (Å²) in [7, 11) is -3.18. The van der Waals surface area contributed by atoms with Gasteiger partial charge in [-0.25, -0.2) is 8.42 Å². The first kappa shape index (κ1) is 18.7. The minimum absolute atomic E-state index is 0.0177. The topological polar surface area (TPSA) is 57.7 Å².